The maximum atomic E-state index is 12.6. The number of carbonyl (C=O) groups excluding carboxylic acids is 2. The van der Waals surface area contributed by atoms with E-state index in [1.165, 1.54) is 11.8 Å². The van der Waals surface area contributed by atoms with Crippen LogP contribution in [-0.2, 0) is 11.3 Å². The Morgan fingerprint density at radius 2 is 1.72 bits per heavy atom. The quantitative estimate of drug-likeness (QED) is 0.494. The molecule has 0 unspecified atom stereocenters. The number of carbonyl (C=O) groups is 2. The van der Waals surface area contributed by atoms with Crippen molar-refractivity contribution in [3.63, 3.8) is 0 Å². The monoisotopic (exact) mass is 451 g/mol. The van der Waals surface area contributed by atoms with Crippen molar-refractivity contribution in [3.05, 3.63) is 70.5 Å². The molecule has 1 atom stereocenters. The van der Waals surface area contributed by atoms with Gasteiger partial charge in [0.15, 0.2) is 11.0 Å². The molecule has 0 saturated carbocycles. The summed E-state index contributed by atoms with van der Waals surface area (Å²) < 4.78 is 1.93. The van der Waals surface area contributed by atoms with Crippen LogP contribution in [0.2, 0.25) is 0 Å². The van der Waals surface area contributed by atoms with Crippen molar-refractivity contribution in [2.75, 3.05) is 11.1 Å². The van der Waals surface area contributed by atoms with Gasteiger partial charge in [-0.25, -0.2) is 0 Å². The van der Waals surface area contributed by atoms with E-state index in [1.54, 1.807) is 12.1 Å². The number of thioether (sulfide) groups is 1. The zero-order valence-corrected chi connectivity index (χ0v) is 19.9. The Hall–Kier alpha value is -3.13. The summed E-state index contributed by atoms with van der Waals surface area (Å²) in [6.07, 6.45) is 0. The molecule has 2 amide bonds. The lowest BCUT2D eigenvalue weighted by Gasteiger charge is -2.15. The number of amides is 2. The van der Waals surface area contributed by atoms with Gasteiger partial charge in [-0.2, -0.15) is 0 Å². The van der Waals surface area contributed by atoms with E-state index in [4.69, 9.17) is 0 Å². The summed E-state index contributed by atoms with van der Waals surface area (Å²) >= 11 is 1.33. The number of rotatable bonds is 8. The van der Waals surface area contributed by atoms with Crippen LogP contribution in [0.25, 0.3) is 0 Å². The van der Waals surface area contributed by atoms with Crippen molar-refractivity contribution in [3.8, 4) is 0 Å². The number of aryl methyl sites for hydroxylation is 3. The van der Waals surface area contributed by atoms with E-state index < -0.39 is 0 Å². The average Bonchev–Trinajstić information content (AvgIpc) is 3.17. The SMILES string of the molecule is CCn1c(SCC(=O)Nc2ccc(C)cc2C)nnc1[C@@H](C)NC(=O)c1ccc(C)cc1. The lowest BCUT2D eigenvalue weighted by Crippen LogP contribution is -2.28. The third-order valence-corrected chi connectivity index (χ3v) is 6.07. The first-order valence-electron chi connectivity index (χ1n) is 10.6. The molecule has 7 nitrogen and oxygen atoms in total. The standard InChI is InChI=1S/C24H29N5O2S/c1-6-29-22(18(5)25-23(31)19-10-7-15(2)8-11-19)27-28-24(29)32-14-21(30)26-20-12-9-16(3)13-17(20)4/h7-13,18H,6,14H2,1-5H3,(H,25,31)(H,26,30)/t18-/m1/s1. The van der Waals surface area contributed by atoms with Crippen LogP contribution < -0.4 is 10.6 Å². The van der Waals surface area contributed by atoms with Crippen molar-refractivity contribution >= 4 is 29.3 Å². The summed E-state index contributed by atoms with van der Waals surface area (Å²) in [6.45, 7) is 10.5. The van der Waals surface area contributed by atoms with E-state index in [-0.39, 0.29) is 23.6 Å². The van der Waals surface area contributed by atoms with Crippen molar-refractivity contribution < 1.29 is 9.59 Å². The van der Waals surface area contributed by atoms with Gasteiger partial charge in [0, 0.05) is 17.8 Å². The molecule has 0 aliphatic rings. The Morgan fingerprint density at radius 3 is 2.38 bits per heavy atom. The molecule has 0 saturated heterocycles. The normalized spacial score (nSPS) is 11.8. The second-order valence-electron chi connectivity index (χ2n) is 7.80. The van der Waals surface area contributed by atoms with Gasteiger partial charge in [0.2, 0.25) is 5.91 Å². The first kappa shape index (κ1) is 23.5. The van der Waals surface area contributed by atoms with Gasteiger partial charge in [-0.15, -0.1) is 10.2 Å². The highest BCUT2D eigenvalue weighted by Crippen LogP contribution is 2.22. The highest BCUT2D eigenvalue weighted by atomic mass is 32.2. The molecular weight excluding hydrogens is 422 g/mol. The zero-order valence-electron chi connectivity index (χ0n) is 19.1. The van der Waals surface area contributed by atoms with Crippen molar-refractivity contribution in [1.29, 1.82) is 0 Å². The Balaban J connectivity index is 1.62. The number of nitrogens with zero attached hydrogens (tertiary/aromatic N) is 3. The third-order valence-electron chi connectivity index (χ3n) is 5.10. The molecule has 2 N–H and O–H groups in total. The topological polar surface area (TPSA) is 88.9 Å². The number of hydrogen-bond donors (Lipinski definition) is 2. The second-order valence-corrected chi connectivity index (χ2v) is 8.74. The summed E-state index contributed by atoms with van der Waals surface area (Å²) in [5.74, 6) is 0.612. The minimum atomic E-state index is -0.324. The van der Waals surface area contributed by atoms with Gasteiger partial charge >= 0.3 is 0 Å². The molecule has 8 heteroatoms. The zero-order chi connectivity index (χ0) is 23.3. The van der Waals surface area contributed by atoms with E-state index in [2.05, 4.69) is 20.8 Å². The fraction of sp³-hybridized carbons (Fsp3) is 0.333. The summed E-state index contributed by atoms with van der Waals surface area (Å²) in [5.41, 5.74) is 4.69. The number of aromatic nitrogens is 3. The Morgan fingerprint density at radius 1 is 1.03 bits per heavy atom. The van der Waals surface area contributed by atoms with Crippen LogP contribution in [0.3, 0.4) is 0 Å². The first-order valence-corrected chi connectivity index (χ1v) is 11.6. The molecule has 2 aromatic carbocycles. The van der Waals surface area contributed by atoms with Crippen molar-refractivity contribution in [2.45, 2.75) is 52.4 Å². The maximum absolute atomic E-state index is 12.6. The van der Waals surface area contributed by atoms with Gasteiger partial charge in [0.25, 0.3) is 5.91 Å². The number of nitrogens with one attached hydrogen (secondary N) is 2. The van der Waals surface area contributed by atoms with E-state index >= 15 is 0 Å². The molecule has 168 valence electrons. The number of hydrogen-bond acceptors (Lipinski definition) is 5. The van der Waals surface area contributed by atoms with Gasteiger partial charge in [0.05, 0.1) is 11.8 Å². The van der Waals surface area contributed by atoms with Crippen molar-refractivity contribution in [1.82, 2.24) is 20.1 Å². The maximum Gasteiger partial charge on any atom is 0.251 e. The summed E-state index contributed by atoms with van der Waals surface area (Å²) in [4.78, 5) is 25.0. The summed E-state index contributed by atoms with van der Waals surface area (Å²) in [7, 11) is 0. The fourth-order valence-corrected chi connectivity index (χ4v) is 4.15. The molecule has 1 aromatic heterocycles. The Bertz CT molecular complexity index is 1110. The molecule has 32 heavy (non-hydrogen) atoms. The molecule has 1 heterocycles. The molecule has 3 aromatic rings. The molecule has 0 spiro atoms. The predicted octanol–water partition coefficient (Wildman–Crippen LogP) is 4.45. The number of anilines is 1. The molecule has 0 radical (unpaired) electrons. The Labute approximate surface area is 193 Å². The minimum Gasteiger partial charge on any atom is -0.342 e. The smallest absolute Gasteiger partial charge is 0.251 e. The lowest BCUT2D eigenvalue weighted by atomic mass is 10.1. The second kappa shape index (κ2) is 10.5. The summed E-state index contributed by atoms with van der Waals surface area (Å²) in [6, 6.07) is 13.0. The third kappa shape index (κ3) is 5.76. The molecule has 0 aliphatic carbocycles. The van der Waals surface area contributed by atoms with Crippen LogP contribution in [0.5, 0.6) is 0 Å². The van der Waals surface area contributed by atoms with Crippen LogP contribution in [0.15, 0.2) is 47.6 Å². The van der Waals surface area contributed by atoms with Gasteiger partial charge in [-0.3, -0.25) is 9.59 Å². The highest BCUT2D eigenvalue weighted by Gasteiger charge is 2.20. The highest BCUT2D eigenvalue weighted by molar-refractivity contribution is 7.99. The summed E-state index contributed by atoms with van der Waals surface area (Å²) in [5, 5.41) is 15.1. The van der Waals surface area contributed by atoms with Gasteiger partial charge in [0.1, 0.15) is 0 Å². The fourth-order valence-electron chi connectivity index (χ4n) is 3.34. The predicted molar refractivity (Wildman–Crippen MR) is 128 cm³/mol. The van der Waals surface area contributed by atoms with E-state index in [0.29, 0.717) is 23.1 Å². The van der Waals surface area contributed by atoms with Gasteiger partial charge in [-0.1, -0.05) is 47.2 Å². The Kier molecular flexibility index (Phi) is 7.69. The largest absolute Gasteiger partial charge is 0.342 e. The molecule has 0 aliphatic heterocycles. The van der Waals surface area contributed by atoms with E-state index in [0.717, 1.165) is 22.4 Å². The lowest BCUT2D eigenvalue weighted by molar-refractivity contribution is -0.113. The molecule has 0 fully saturated rings. The molecular formula is C24H29N5O2S. The van der Waals surface area contributed by atoms with Gasteiger partial charge < -0.3 is 15.2 Å². The van der Waals surface area contributed by atoms with E-state index in [9.17, 15) is 9.59 Å². The average molecular weight is 452 g/mol. The van der Waals surface area contributed by atoms with Crippen LogP contribution in [0.1, 0.15) is 52.8 Å². The molecule has 0 bridgehead atoms. The van der Waals surface area contributed by atoms with E-state index in [1.807, 2.05) is 69.5 Å². The van der Waals surface area contributed by atoms with Crippen LogP contribution in [0, 0.1) is 20.8 Å². The van der Waals surface area contributed by atoms with Crippen LogP contribution >= 0.6 is 11.8 Å². The minimum absolute atomic E-state index is 0.102. The van der Waals surface area contributed by atoms with Crippen LogP contribution in [-0.4, -0.2) is 32.3 Å². The first-order chi connectivity index (χ1) is 15.3. The molecule has 3 rings (SSSR count). The van der Waals surface area contributed by atoms with Gasteiger partial charge in [-0.05, 0) is 58.4 Å². The van der Waals surface area contributed by atoms with Crippen LogP contribution in [0.4, 0.5) is 5.69 Å². The van der Waals surface area contributed by atoms with Crippen molar-refractivity contribution in [2.24, 2.45) is 0 Å². The number of benzene rings is 2.